The Morgan fingerprint density at radius 2 is 1.93 bits per heavy atom. The van der Waals surface area contributed by atoms with Crippen molar-refractivity contribution in [1.82, 2.24) is 4.90 Å². The van der Waals surface area contributed by atoms with Gasteiger partial charge in [-0.3, -0.25) is 19.7 Å². The van der Waals surface area contributed by atoms with E-state index in [2.05, 4.69) is 5.32 Å². The zero-order valence-electron chi connectivity index (χ0n) is 15.4. The van der Waals surface area contributed by atoms with Crippen molar-refractivity contribution in [2.24, 2.45) is 0 Å². The van der Waals surface area contributed by atoms with E-state index in [4.69, 9.17) is 16.3 Å². The number of alkyl halides is 3. The summed E-state index contributed by atoms with van der Waals surface area (Å²) >= 11 is 5.52. The Balaban J connectivity index is 1.92. The number of nitro groups is 1. The number of non-ortho nitro benzene ring substituents is 1. The van der Waals surface area contributed by atoms with Crippen LogP contribution in [0, 0.1) is 10.1 Å². The number of nitrogens with zero attached hydrogens (tertiary/aromatic N) is 2. The van der Waals surface area contributed by atoms with Gasteiger partial charge in [0, 0.05) is 18.8 Å². The molecule has 12 heteroatoms. The topological polar surface area (TPSA) is 102 Å². The van der Waals surface area contributed by atoms with Crippen molar-refractivity contribution in [1.29, 1.82) is 0 Å². The quantitative estimate of drug-likeness (QED) is 0.516. The number of likely N-dealkylation sites (N-methyl/N-ethyl adjacent to an activating group) is 1. The van der Waals surface area contributed by atoms with E-state index in [-0.39, 0.29) is 17.1 Å². The Labute approximate surface area is 173 Å². The van der Waals surface area contributed by atoms with E-state index in [0.717, 1.165) is 17.0 Å². The average Bonchev–Trinajstić information content (AvgIpc) is 2.66. The van der Waals surface area contributed by atoms with Gasteiger partial charge in [-0.2, -0.15) is 13.2 Å². The summed E-state index contributed by atoms with van der Waals surface area (Å²) in [6.07, 6.45) is -4.69. The zero-order valence-corrected chi connectivity index (χ0v) is 16.2. The normalized spacial score (nSPS) is 11.0. The number of benzene rings is 2. The van der Waals surface area contributed by atoms with Crippen LogP contribution >= 0.6 is 11.6 Å². The molecule has 0 fully saturated rings. The predicted octanol–water partition coefficient (Wildman–Crippen LogP) is 3.74. The number of rotatable bonds is 7. The number of carbonyl (C=O) groups is 2. The summed E-state index contributed by atoms with van der Waals surface area (Å²) in [5.74, 6) is -1.27. The summed E-state index contributed by atoms with van der Waals surface area (Å²) in [4.78, 5) is 35.2. The Kier molecular flexibility index (Phi) is 7.22. The van der Waals surface area contributed by atoms with Crippen molar-refractivity contribution in [3.05, 3.63) is 63.2 Å². The van der Waals surface area contributed by atoms with Crippen LogP contribution in [0.4, 0.5) is 24.5 Å². The standard InChI is InChI=1S/C18H15ClF3N3O5/c1-24(17(27)10-30-13-4-2-3-12(8-13)25(28)29)9-16(26)23-11-5-6-15(19)14(7-11)18(20,21)22/h2-8H,9-10H2,1H3,(H,23,26). The van der Waals surface area contributed by atoms with Crippen LogP contribution in [0.15, 0.2) is 42.5 Å². The van der Waals surface area contributed by atoms with Gasteiger partial charge in [-0.05, 0) is 24.3 Å². The van der Waals surface area contributed by atoms with Gasteiger partial charge in [-0.25, -0.2) is 0 Å². The van der Waals surface area contributed by atoms with E-state index < -0.39 is 46.7 Å². The van der Waals surface area contributed by atoms with Gasteiger partial charge in [0.25, 0.3) is 11.6 Å². The van der Waals surface area contributed by atoms with Crippen LogP contribution in [0.2, 0.25) is 5.02 Å². The molecule has 0 aromatic heterocycles. The maximum atomic E-state index is 12.9. The third-order valence-corrected chi connectivity index (χ3v) is 4.08. The molecule has 2 rings (SSSR count). The minimum absolute atomic E-state index is 0.0937. The van der Waals surface area contributed by atoms with Crippen molar-refractivity contribution < 1.29 is 32.4 Å². The molecule has 30 heavy (non-hydrogen) atoms. The third kappa shape index (κ3) is 6.34. The summed E-state index contributed by atoms with van der Waals surface area (Å²) in [5.41, 5.74) is -1.45. The van der Waals surface area contributed by atoms with Crippen LogP contribution < -0.4 is 10.1 Å². The number of anilines is 1. The summed E-state index contributed by atoms with van der Waals surface area (Å²) in [5, 5.41) is 12.5. The number of amides is 2. The molecule has 0 saturated carbocycles. The molecule has 8 nitrogen and oxygen atoms in total. The molecule has 0 aliphatic rings. The number of nitro benzene ring substituents is 1. The highest BCUT2D eigenvalue weighted by Crippen LogP contribution is 2.36. The second-order valence-corrected chi connectivity index (χ2v) is 6.44. The van der Waals surface area contributed by atoms with E-state index in [9.17, 15) is 32.9 Å². The molecule has 0 unspecified atom stereocenters. The first-order valence-corrected chi connectivity index (χ1v) is 8.63. The van der Waals surface area contributed by atoms with Crippen LogP contribution in [0.3, 0.4) is 0 Å². The Bertz CT molecular complexity index is 968. The molecule has 0 saturated heterocycles. The number of halogens is 4. The Morgan fingerprint density at radius 1 is 1.23 bits per heavy atom. The van der Waals surface area contributed by atoms with Gasteiger partial charge in [0.15, 0.2) is 6.61 Å². The van der Waals surface area contributed by atoms with Crippen LogP contribution in [0.1, 0.15) is 5.56 Å². The molecule has 0 heterocycles. The molecule has 1 N–H and O–H groups in total. The summed E-state index contributed by atoms with van der Waals surface area (Å²) in [7, 11) is 1.29. The fourth-order valence-corrected chi connectivity index (χ4v) is 2.49. The van der Waals surface area contributed by atoms with Crippen molar-refractivity contribution in [2.45, 2.75) is 6.18 Å². The number of hydrogen-bond donors (Lipinski definition) is 1. The lowest BCUT2D eigenvalue weighted by atomic mass is 10.2. The van der Waals surface area contributed by atoms with Crippen molar-refractivity contribution in [3.63, 3.8) is 0 Å². The van der Waals surface area contributed by atoms with Gasteiger partial charge < -0.3 is 15.0 Å². The van der Waals surface area contributed by atoms with Gasteiger partial charge in [-0.15, -0.1) is 0 Å². The molecular formula is C18H15ClF3N3O5. The van der Waals surface area contributed by atoms with E-state index in [1.165, 1.54) is 31.3 Å². The van der Waals surface area contributed by atoms with E-state index in [1.54, 1.807) is 0 Å². The van der Waals surface area contributed by atoms with Crippen LogP contribution in [-0.4, -0.2) is 41.8 Å². The lowest BCUT2D eigenvalue weighted by Gasteiger charge is -2.17. The summed E-state index contributed by atoms with van der Waals surface area (Å²) < 4.78 is 43.8. The van der Waals surface area contributed by atoms with E-state index in [1.807, 2.05) is 0 Å². The second-order valence-electron chi connectivity index (χ2n) is 6.03. The highest BCUT2D eigenvalue weighted by atomic mass is 35.5. The fourth-order valence-electron chi connectivity index (χ4n) is 2.27. The van der Waals surface area contributed by atoms with E-state index >= 15 is 0 Å². The lowest BCUT2D eigenvalue weighted by Crippen LogP contribution is -2.37. The first-order valence-electron chi connectivity index (χ1n) is 8.25. The zero-order chi connectivity index (χ0) is 22.5. The highest BCUT2D eigenvalue weighted by Gasteiger charge is 2.33. The largest absolute Gasteiger partial charge is 0.484 e. The molecule has 0 bridgehead atoms. The number of carbonyl (C=O) groups excluding carboxylic acids is 2. The number of ether oxygens (including phenoxy) is 1. The molecular weight excluding hydrogens is 431 g/mol. The lowest BCUT2D eigenvalue weighted by molar-refractivity contribution is -0.384. The third-order valence-electron chi connectivity index (χ3n) is 3.75. The molecule has 0 aliphatic heterocycles. The van der Waals surface area contributed by atoms with Crippen molar-refractivity contribution in [2.75, 3.05) is 25.5 Å². The molecule has 0 aliphatic carbocycles. The first-order chi connectivity index (χ1) is 14.0. The summed E-state index contributed by atoms with van der Waals surface area (Å²) in [6.45, 7) is -0.953. The monoisotopic (exact) mass is 445 g/mol. The van der Waals surface area contributed by atoms with Gasteiger partial charge in [-0.1, -0.05) is 17.7 Å². The average molecular weight is 446 g/mol. The van der Waals surface area contributed by atoms with Crippen LogP contribution in [0.25, 0.3) is 0 Å². The molecule has 2 aromatic rings. The number of hydrogen-bond acceptors (Lipinski definition) is 5. The first kappa shape index (κ1) is 22.9. The van der Waals surface area contributed by atoms with Gasteiger partial charge in [0.1, 0.15) is 5.75 Å². The molecule has 2 amide bonds. The molecule has 0 spiro atoms. The van der Waals surface area contributed by atoms with Crippen LogP contribution in [-0.2, 0) is 15.8 Å². The highest BCUT2D eigenvalue weighted by molar-refractivity contribution is 6.31. The van der Waals surface area contributed by atoms with Gasteiger partial charge in [0.05, 0.1) is 28.1 Å². The second kappa shape index (κ2) is 9.44. The molecule has 0 atom stereocenters. The maximum absolute atomic E-state index is 12.9. The SMILES string of the molecule is CN(CC(=O)Nc1ccc(Cl)c(C(F)(F)F)c1)C(=O)COc1cccc([N+](=O)[O-])c1. The molecule has 2 aromatic carbocycles. The Hall–Kier alpha value is -3.34. The predicted molar refractivity (Wildman–Crippen MR) is 101 cm³/mol. The minimum Gasteiger partial charge on any atom is -0.484 e. The minimum atomic E-state index is -4.69. The van der Waals surface area contributed by atoms with Crippen molar-refractivity contribution >= 4 is 34.8 Å². The van der Waals surface area contributed by atoms with E-state index in [0.29, 0.717) is 6.07 Å². The molecule has 0 radical (unpaired) electrons. The Morgan fingerprint density at radius 3 is 2.57 bits per heavy atom. The molecule has 160 valence electrons. The van der Waals surface area contributed by atoms with Gasteiger partial charge in [0.2, 0.25) is 5.91 Å². The van der Waals surface area contributed by atoms with Crippen molar-refractivity contribution in [3.8, 4) is 5.75 Å². The fraction of sp³-hybridized carbons (Fsp3) is 0.222. The maximum Gasteiger partial charge on any atom is 0.417 e. The van der Waals surface area contributed by atoms with Crippen LogP contribution in [0.5, 0.6) is 5.75 Å². The smallest absolute Gasteiger partial charge is 0.417 e. The number of nitrogens with one attached hydrogen (secondary N) is 1. The van der Waals surface area contributed by atoms with Gasteiger partial charge >= 0.3 is 6.18 Å². The summed E-state index contributed by atoms with van der Waals surface area (Å²) in [6, 6.07) is 8.09.